The van der Waals surface area contributed by atoms with Gasteiger partial charge < -0.3 is 10.0 Å². The number of carbonyl (C=O) groups excluding carboxylic acids is 1. The number of nitrogens with one attached hydrogen (secondary N) is 1. The van der Waals surface area contributed by atoms with Crippen LogP contribution in [0.5, 0.6) is 0 Å². The molecule has 6 nitrogen and oxygen atoms in total. The largest absolute Gasteiger partial charge is 0.381 e. The molecule has 0 radical (unpaired) electrons. The highest BCUT2D eigenvalue weighted by atomic mass is 32.2. The molecule has 35 heavy (non-hydrogen) atoms. The van der Waals surface area contributed by atoms with Crippen LogP contribution in [0.1, 0.15) is 26.3 Å². The molecule has 192 valence electrons. The lowest BCUT2D eigenvalue weighted by Gasteiger charge is -2.32. The molecule has 2 aromatic rings. The van der Waals surface area contributed by atoms with Crippen molar-refractivity contribution < 1.29 is 40.3 Å². The number of halogens is 5. The van der Waals surface area contributed by atoms with E-state index in [4.69, 9.17) is 0 Å². The van der Waals surface area contributed by atoms with Gasteiger partial charge in [-0.3, -0.25) is 4.79 Å². The van der Waals surface area contributed by atoms with E-state index >= 15 is 4.39 Å². The first kappa shape index (κ1) is 27.0. The van der Waals surface area contributed by atoms with E-state index in [1.165, 1.54) is 31.2 Å². The number of aliphatic hydroxyl groups is 1. The second kappa shape index (κ2) is 9.47. The van der Waals surface area contributed by atoms with Gasteiger partial charge in [0.15, 0.2) is 11.6 Å². The zero-order valence-electron chi connectivity index (χ0n) is 19.2. The summed E-state index contributed by atoms with van der Waals surface area (Å²) in [4.78, 5) is 13.4. The van der Waals surface area contributed by atoms with Gasteiger partial charge in [-0.05, 0) is 38.8 Å². The summed E-state index contributed by atoms with van der Waals surface area (Å²) in [5.74, 6) is -8.92. The number of alkyl halides is 2. The molecule has 1 aliphatic rings. The van der Waals surface area contributed by atoms with Crippen molar-refractivity contribution >= 4 is 15.9 Å². The van der Waals surface area contributed by atoms with Crippen LogP contribution in [0.3, 0.4) is 0 Å². The summed E-state index contributed by atoms with van der Waals surface area (Å²) in [6.45, 7) is 2.20. The van der Waals surface area contributed by atoms with Gasteiger partial charge in [-0.25, -0.2) is 35.1 Å². The predicted molar refractivity (Wildman–Crippen MR) is 119 cm³/mol. The minimum atomic E-state index is -4.17. The number of amides is 1. The summed E-state index contributed by atoms with van der Waals surface area (Å²) in [5, 5.41) is 10.1. The first-order valence-electron chi connectivity index (χ1n) is 10.7. The number of nitrogens with zero attached hydrogens (tertiary/aromatic N) is 1. The summed E-state index contributed by atoms with van der Waals surface area (Å²) in [5.41, 5.74) is -3.04. The Morgan fingerprint density at radius 3 is 2.26 bits per heavy atom. The molecule has 0 aliphatic carbocycles. The van der Waals surface area contributed by atoms with Gasteiger partial charge in [-0.15, -0.1) is 0 Å². The summed E-state index contributed by atoms with van der Waals surface area (Å²) >= 11 is 0. The van der Waals surface area contributed by atoms with Crippen molar-refractivity contribution in [2.24, 2.45) is 0 Å². The number of sulfonamides is 1. The molecule has 0 unspecified atom stereocenters. The van der Waals surface area contributed by atoms with E-state index in [-0.39, 0.29) is 11.1 Å². The van der Waals surface area contributed by atoms with Gasteiger partial charge in [0.05, 0.1) is 18.3 Å². The third-order valence-electron chi connectivity index (χ3n) is 5.84. The Hall–Kier alpha value is -2.57. The summed E-state index contributed by atoms with van der Waals surface area (Å²) in [6, 6.07) is 3.16. The first-order valence-corrected chi connectivity index (χ1v) is 12.4. The molecule has 0 saturated carbocycles. The van der Waals surface area contributed by atoms with E-state index in [1.807, 2.05) is 4.72 Å². The number of benzene rings is 2. The van der Waals surface area contributed by atoms with Gasteiger partial charge in [0.1, 0.15) is 17.5 Å². The van der Waals surface area contributed by atoms with Crippen LogP contribution < -0.4 is 4.72 Å². The van der Waals surface area contributed by atoms with Crippen molar-refractivity contribution in [1.29, 1.82) is 0 Å². The molecule has 1 heterocycles. The Kier molecular flexibility index (Phi) is 7.31. The number of rotatable bonds is 7. The Labute approximate surface area is 199 Å². The monoisotopic (exact) mass is 520 g/mol. The van der Waals surface area contributed by atoms with E-state index < -0.39 is 81.3 Å². The van der Waals surface area contributed by atoms with E-state index in [9.17, 15) is 35.9 Å². The van der Waals surface area contributed by atoms with Crippen molar-refractivity contribution in [1.82, 2.24) is 9.62 Å². The van der Waals surface area contributed by atoms with Gasteiger partial charge in [-0.2, -0.15) is 0 Å². The number of carbonyl (C=O) groups is 1. The molecule has 2 N–H and O–H groups in total. The van der Waals surface area contributed by atoms with Crippen LogP contribution in [0, 0.1) is 17.5 Å². The smallest absolute Gasteiger partial charge is 0.283 e. The molecular weight excluding hydrogens is 495 g/mol. The van der Waals surface area contributed by atoms with Crippen LogP contribution in [0.4, 0.5) is 22.0 Å². The van der Waals surface area contributed by atoms with E-state index in [0.29, 0.717) is 4.90 Å². The standard InChI is InChI=1S/C23H25F5N2O4S/c1-4-35(33,34)29-20-17(30(12-23(20,27)28)21(31)22(2,3)32)11-13-7-5-8-14(18(13)25)15-9-6-10-16(24)19(15)26/h5-10,17,20,29,32H,4,11-12H2,1-3H3/t17-,20+/m0/s1. The fourth-order valence-corrected chi connectivity index (χ4v) is 4.91. The van der Waals surface area contributed by atoms with Crippen molar-refractivity contribution in [2.75, 3.05) is 12.3 Å². The maximum Gasteiger partial charge on any atom is 0.283 e. The van der Waals surface area contributed by atoms with E-state index in [0.717, 1.165) is 26.0 Å². The molecule has 1 amide bonds. The summed E-state index contributed by atoms with van der Waals surface area (Å²) in [6.07, 6.45) is -0.592. The summed E-state index contributed by atoms with van der Waals surface area (Å²) in [7, 11) is -4.17. The molecule has 1 aliphatic heterocycles. The minimum Gasteiger partial charge on any atom is -0.381 e. The molecule has 2 atom stereocenters. The average molecular weight is 521 g/mol. The minimum absolute atomic E-state index is 0.233. The maximum absolute atomic E-state index is 15.4. The van der Waals surface area contributed by atoms with Crippen LogP contribution >= 0.6 is 0 Å². The highest BCUT2D eigenvalue weighted by Crippen LogP contribution is 2.37. The van der Waals surface area contributed by atoms with E-state index in [2.05, 4.69) is 0 Å². The summed E-state index contributed by atoms with van der Waals surface area (Å²) < 4.78 is 99.6. The second-order valence-corrected chi connectivity index (χ2v) is 10.9. The van der Waals surface area contributed by atoms with Crippen LogP contribution in [0.15, 0.2) is 36.4 Å². The van der Waals surface area contributed by atoms with Gasteiger partial charge >= 0.3 is 0 Å². The molecule has 0 aromatic heterocycles. The average Bonchev–Trinajstić information content (AvgIpc) is 3.00. The lowest BCUT2D eigenvalue weighted by molar-refractivity contribution is -0.149. The quantitative estimate of drug-likeness (QED) is 0.549. The lowest BCUT2D eigenvalue weighted by Crippen LogP contribution is -2.54. The Balaban J connectivity index is 2.10. The molecule has 0 bridgehead atoms. The molecule has 0 spiro atoms. The predicted octanol–water partition coefficient (Wildman–Crippen LogP) is 3.24. The topological polar surface area (TPSA) is 86.7 Å². The molecule has 1 saturated heterocycles. The number of hydrogen-bond acceptors (Lipinski definition) is 4. The van der Waals surface area contributed by atoms with Crippen LogP contribution in [0.25, 0.3) is 11.1 Å². The Morgan fingerprint density at radius 1 is 1.11 bits per heavy atom. The van der Waals surface area contributed by atoms with Crippen molar-refractivity contribution in [2.45, 2.75) is 50.8 Å². The van der Waals surface area contributed by atoms with Gasteiger partial charge in [0.2, 0.25) is 10.0 Å². The highest BCUT2D eigenvalue weighted by Gasteiger charge is 2.58. The van der Waals surface area contributed by atoms with Crippen LogP contribution in [0.2, 0.25) is 0 Å². The Bertz CT molecular complexity index is 1230. The zero-order chi connectivity index (χ0) is 26.3. The molecular formula is C23H25F5N2O4S. The first-order chi connectivity index (χ1) is 16.1. The van der Waals surface area contributed by atoms with Crippen molar-refractivity contribution in [3.63, 3.8) is 0 Å². The van der Waals surface area contributed by atoms with Gasteiger partial charge in [0, 0.05) is 11.1 Å². The maximum atomic E-state index is 15.4. The van der Waals surface area contributed by atoms with Crippen LogP contribution in [-0.2, 0) is 21.2 Å². The van der Waals surface area contributed by atoms with Crippen molar-refractivity contribution in [3.05, 3.63) is 59.4 Å². The lowest BCUT2D eigenvalue weighted by atomic mass is 9.94. The van der Waals surface area contributed by atoms with Gasteiger partial charge in [0.25, 0.3) is 11.8 Å². The molecule has 1 fully saturated rings. The third-order valence-corrected chi connectivity index (χ3v) is 7.21. The van der Waals surface area contributed by atoms with E-state index in [1.54, 1.807) is 0 Å². The molecule has 2 aromatic carbocycles. The zero-order valence-corrected chi connectivity index (χ0v) is 20.0. The molecule has 3 rings (SSSR count). The fraction of sp³-hybridized carbons (Fsp3) is 0.435. The SMILES string of the molecule is CCS(=O)(=O)N[C@@H]1[C@H](Cc2cccc(-c3cccc(F)c3F)c2F)N(C(=O)C(C)(C)O)CC1(F)F. The number of likely N-dealkylation sites (tertiary alicyclic amines) is 1. The third kappa shape index (κ3) is 5.49. The fourth-order valence-electron chi connectivity index (χ4n) is 4.03. The van der Waals surface area contributed by atoms with Gasteiger partial charge in [-0.1, -0.05) is 30.3 Å². The Morgan fingerprint density at radius 2 is 1.69 bits per heavy atom. The highest BCUT2D eigenvalue weighted by molar-refractivity contribution is 7.89. The normalized spacial score (nSPS) is 20.3. The van der Waals surface area contributed by atoms with Crippen molar-refractivity contribution in [3.8, 4) is 11.1 Å². The van der Waals surface area contributed by atoms with Crippen LogP contribution in [-0.4, -0.2) is 60.2 Å². The molecule has 12 heteroatoms. The second-order valence-electron chi connectivity index (χ2n) is 8.90. The number of hydrogen-bond donors (Lipinski definition) is 2.